The predicted octanol–water partition coefficient (Wildman–Crippen LogP) is 0.320. The quantitative estimate of drug-likeness (QED) is 0.0787. The van der Waals surface area contributed by atoms with Crippen LogP contribution in [0.15, 0.2) is 0 Å². The van der Waals surface area contributed by atoms with Gasteiger partial charge in [-0.25, -0.2) is 0 Å². The van der Waals surface area contributed by atoms with Crippen LogP contribution in [0.4, 0.5) is 0 Å². The fraction of sp³-hybridized carbons (Fsp3) is 1.00. The van der Waals surface area contributed by atoms with E-state index in [0.29, 0.717) is 13.2 Å². The van der Waals surface area contributed by atoms with Crippen LogP contribution in [0.1, 0.15) is 20.8 Å². The van der Waals surface area contributed by atoms with Crippen molar-refractivity contribution in [1.29, 1.82) is 0 Å². The summed E-state index contributed by atoms with van der Waals surface area (Å²) < 4.78 is 65.0. The van der Waals surface area contributed by atoms with Gasteiger partial charge in [-0.15, -0.1) is 0 Å². The monoisotopic (exact) mass is 610 g/mol. The first-order valence-electron chi connectivity index (χ1n) is 12.0. The second-order valence-corrected chi connectivity index (χ2v) is 13.9. The maximum absolute atomic E-state index is 10.7. The summed E-state index contributed by atoms with van der Waals surface area (Å²) in [7, 11) is 7.14. The van der Waals surface area contributed by atoms with Gasteiger partial charge in [0.2, 0.25) is 0 Å². The fourth-order valence-corrected chi connectivity index (χ4v) is 6.89. The molecule has 224 valence electrons. The average Bonchev–Trinajstić information content (AvgIpc) is 2.91. The summed E-state index contributed by atoms with van der Waals surface area (Å²) in [6, 6.07) is 0. The van der Waals surface area contributed by atoms with Crippen LogP contribution in [0.3, 0.4) is 0 Å². The van der Waals surface area contributed by atoms with Gasteiger partial charge in [-0.05, 0) is 0 Å². The number of hydrogen-bond donors (Lipinski definition) is 2. The molecule has 0 aromatic rings. The third-order valence-corrected chi connectivity index (χ3v) is 10.9. The van der Waals surface area contributed by atoms with Crippen molar-refractivity contribution < 1.29 is 64.1 Å². The number of methoxy groups -OCH3 is 3. The molecule has 0 rings (SSSR count). The Morgan fingerprint density at radius 3 is 1.86 bits per heavy atom. The molecule has 0 spiro atoms. The summed E-state index contributed by atoms with van der Waals surface area (Å²) >= 11 is -3.98. The van der Waals surface area contributed by atoms with Crippen molar-refractivity contribution in [3.05, 3.63) is 0 Å². The van der Waals surface area contributed by atoms with E-state index in [0.717, 1.165) is 0 Å². The van der Waals surface area contributed by atoms with Crippen molar-refractivity contribution >= 4 is 14.3 Å². The summed E-state index contributed by atoms with van der Waals surface area (Å²) in [5, 5.41) is 19.3. The van der Waals surface area contributed by atoms with Crippen molar-refractivity contribution in [2.75, 3.05) is 95.2 Å². The second-order valence-electron chi connectivity index (χ2n) is 7.95. The van der Waals surface area contributed by atoms with Gasteiger partial charge in [0.25, 0.3) is 0 Å². The first kappa shape index (κ1) is 37.0. The van der Waals surface area contributed by atoms with E-state index in [9.17, 15) is 5.11 Å². The number of aliphatic hydroxyl groups is 2. The van der Waals surface area contributed by atoms with E-state index in [1.54, 1.807) is 13.8 Å². The molecule has 0 fully saturated rings. The van der Waals surface area contributed by atoms with Crippen LogP contribution >= 0.6 is 0 Å². The minimum atomic E-state index is -3.98. The second kappa shape index (κ2) is 20.8. The Morgan fingerprint density at radius 2 is 1.32 bits per heavy atom. The molecule has 0 saturated carbocycles. The van der Waals surface area contributed by atoms with E-state index in [1.165, 1.54) is 35.5 Å². The van der Waals surface area contributed by atoms with Gasteiger partial charge in [-0.2, -0.15) is 0 Å². The molecule has 0 aliphatic carbocycles. The van der Waals surface area contributed by atoms with Gasteiger partial charge >= 0.3 is 210 Å². The molecule has 0 heterocycles. The number of ether oxygens (including phenoxy) is 9. The molecular weight excluding hydrogens is 561 g/mol. The third-order valence-electron chi connectivity index (χ3n) is 5.09. The molecule has 0 aromatic carbocycles. The first-order chi connectivity index (χ1) is 17.6. The molecule has 0 aromatic heterocycles. The molecule has 37 heavy (non-hydrogen) atoms. The van der Waals surface area contributed by atoms with E-state index in [4.69, 9.17) is 59.0 Å². The number of aliphatic hydroxyl groups excluding tert-OH is 1. The van der Waals surface area contributed by atoms with Crippen LogP contribution in [0.25, 0.3) is 0 Å². The van der Waals surface area contributed by atoms with Crippen LogP contribution in [-0.2, 0) is 53.9 Å². The van der Waals surface area contributed by atoms with Crippen molar-refractivity contribution in [2.24, 2.45) is 0 Å². The Labute approximate surface area is 223 Å². The van der Waals surface area contributed by atoms with Gasteiger partial charge < -0.3 is 0 Å². The molecule has 0 radical (unpaired) electrons. The van der Waals surface area contributed by atoms with Crippen molar-refractivity contribution in [1.82, 2.24) is 0 Å². The Bertz CT molecular complexity index is 538. The molecule has 15 heteroatoms. The molecule has 0 aliphatic rings. The Morgan fingerprint density at radius 1 is 0.730 bits per heavy atom. The van der Waals surface area contributed by atoms with Gasteiger partial charge in [0, 0.05) is 14.2 Å². The molecule has 2 N–H and O–H groups in total. The van der Waals surface area contributed by atoms with E-state index in [1.807, 2.05) is 6.92 Å². The van der Waals surface area contributed by atoms with Gasteiger partial charge in [0.1, 0.15) is 0 Å². The van der Waals surface area contributed by atoms with Crippen LogP contribution < -0.4 is 0 Å². The number of rotatable bonds is 26. The standard InChI is InChI=1S/C22H48GeO14/c1-19(34-12-13-35-21(3,26-4)27-5)15-31-11-14-37-23(29-7,30-8)17-22(25,28-6)36-18-32-16-20(2)33-10-9-24/h19-20,24-25H,9-18H2,1-8H3. The van der Waals surface area contributed by atoms with Gasteiger partial charge in [-0.3, -0.25) is 0 Å². The molecule has 3 atom stereocenters. The zero-order chi connectivity index (χ0) is 28.2. The zero-order valence-corrected chi connectivity index (χ0v) is 25.6. The van der Waals surface area contributed by atoms with Crippen LogP contribution in [-0.4, -0.2) is 144 Å². The predicted molar refractivity (Wildman–Crippen MR) is 132 cm³/mol. The van der Waals surface area contributed by atoms with Crippen LogP contribution in [0, 0.1) is 0 Å². The van der Waals surface area contributed by atoms with E-state index in [2.05, 4.69) is 0 Å². The van der Waals surface area contributed by atoms with Crippen molar-refractivity contribution in [3.8, 4) is 0 Å². The normalized spacial score (nSPS) is 16.1. The number of hydrogen-bond acceptors (Lipinski definition) is 14. The van der Waals surface area contributed by atoms with Crippen molar-refractivity contribution in [3.63, 3.8) is 0 Å². The van der Waals surface area contributed by atoms with Crippen LogP contribution in [0.2, 0.25) is 5.25 Å². The molecule has 14 nitrogen and oxygen atoms in total. The minimum absolute atomic E-state index is 0.0793. The zero-order valence-electron chi connectivity index (χ0n) is 23.5. The van der Waals surface area contributed by atoms with E-state index >= 15 is 0 Å². The summed E-state index contributed by atoms with van der Waals surface area (Å²) in [6.45, 7) is 6.73. The van der Waals surface area contributed by atoms with Gasteiger partial charge in [0.15, 0.2) is 0 Å². The summed E-state index contributed by atoms with van der Waals surface area (Å²) in [6.07, 6.45) is -0.437. The third kappa shape index (κ3) is 16.6. The molecular formula is C22H48GeO14. The summed E-state index contributed by atoms with van der Waals surface area (Å²) in [4.78, 5) is 0. The Hall–Kier alpha value is -0.0171. The van der Waals surface area contributed by atoms with E-state index < -0.39 is 26.2 Å². The Kier molecular flexibility index (Phi) is 20.8. The fourth-order valence-electron chi connectivity index (χ4n) is 2.73. The summed E-state index contributed by atoms with van der Waals surface area (Å²) in [5.74, 6) is -3.16. The Balaban J connectivity index is 4.38. The van der Waals surface area contributed by atoms with Crippen LogP contribution in [0.5, 0.6) is 0 Å². The first-order valence-corrected chi connectivity index (χ1v) is 16.0. The topological polar surface area (TPSA) is 151 Å². The average molecular weight is 609 g/mol. The maximum atomic E-state index is 10.7. The van der Waals surface area contributed by atoms with Gasteiger partial charge in [0.05, 0.1) is 0 Å². The van der Waals surface area contributed by atoms with E-state index in [-0.39, 0.29) is 63.9 Å². The SMILES string of the molecule is COC(O)([CH2][Ge]([O]C)([O]C)[O]CCOCC(C)OCCOC(C)(OC)OC)OCOCC(C)OCCO. The van der Waals surface area contributed by atoms with Crippen molar-refractivity contribution in [2.45, 2.75) is 50.2 Å². The van der Waals surface area contributed by atoms with Gasteiger partial charge in [-0.1, -0.05) is 0 Å². The molecule has 0 aliphatic heterocycles. The molecule has 3 unspecified atom stereocenters. The summed E-state index contributed by atoms with van der Waals surface area (Å²) in [5.41, 5.74) is 0. The molecule has 0 bridgehead atoms. The molecule has 0 amide bonds. The molecule has 0 saturated heterocycles.